The third kappa shape index (κ3) is 1.26. The van der Waals surface area contributed by atoms with Crippen LogP contribution in [0.15, 0.2) is 16.6 Å². The van der Waals surface area contributed by atoms with Crippen LogP contribution in [0, 0.1) is 6.92 Å². The Morgan fingerprint density at radius 1 is 1.50 bits per heavy atom. The van der Waals surface area contributed by atoms with Gasteiger partial charge in [-0.2, -0.15) is 0 Å². The Morgan fingerprint density at radius 2 is 2.21 bits per heavy atom. The highest BCUT2D eigenvalue weighted by atomic mass is 79.9. The molecule has 72 valence electrons. The fraction of sp³-hybridized carbons (Fsp3) is 0.200. The number of nitrogens with zero attached hydrogens (tertiary/aromatic N) is 2. The minimum absolute atomic E-state index is 0.653. The zero-order chi connectivity index (χ0) is 10.3. The van der Waals surface area contributed by atoms with Gasteiger partial charge in [-0.05, 0) is 35.0 Å². The van der Waals surface area contributed by atoms with Crippen LogP contribution in [0.2, 0.25) is 0 Å². The number of aromatic nitrogens is 2. The number of hydrogen-bond donors (Lipinski definition) is 0. The minimum Gasteiger partial charge on any atom is -0.331 e. The molecule has 0 aliphatic rings. The molecular weight excluding hydrogens is 244 g/mol. The molecule has 0 saturated heterocycles. The van der Waals surface area contributed by atoms with Crippen LogP contribution in [0.3, 0.4) is 0 Å². The number of fused-ring (bicyclic) bond motifs is 1. The molecule has 14 heavy (non-hydrogen) atoms. The Balaban J connectivity index is 2.86. The van der Waals surface area contributed by atoms with E-state index in [2.05, 4.69) is 20.9 Å². The summed E-state index contributed by atoms with van der Waals surface area (Å²) in [6.07, 6.45) is 0.839. The largest absolute Gasteiger partial charge is 0.331 e. The van der Waals surface area contributed by atoms with Crippen LogP contribution in [0.1, 0.15) is 16.2 Å². The molecule has 0 spiro atoms. The van der Waals surface area contributed by atoms with Crippen molar-refractivity contribution < 1.29 is 4.79 Å². The molecule has 0 bridgehead atoms. The predicted octanol–water partition coefficient (Wildman–Crippen LogP) is 2.46. The second-order valence-corrected chi connectivity index (χ2v) is 4.05. The van der Waals surface area contributed by atoms with E-state index in [0.29, 0.717) is 5.56 Å². The minimum atomic E-state index is 0.653. The van der Waals surface area contributed by atoms with Crippen molar-refractivity contribution in [3.63, 3.8) is 0 Å². The molecule has 0 saturated carbocycles. The highest BCUT2D eigenvalue weighted by Crippen LogP contribution is 2.23. The van der Waals surface area contributed by atoms with Crippen molar-refractivity contribution in [1.29, 1.82) is 0 Å². The number of rotatable bonds is 1. The maximum Gasteiger partial charge on any atom is 0.151 e. The first-order valence-electron chi connectivity index (χ1n) is 4.21. The van der Waals surface area contributed by atoms with Crippen molar-refractivity contribution in [2.24, 2.45) is 7.05 Å². The molecular formula is C10H9BrN2O. The third-order valence-electron chi connectivity index (χ3n) is 2.35. The normalized spacial score (nSPS) is 10.8. The zero-order valence-corrected chi connectivity index (χ0v) is 9.50. The van der Waals surface area contributed by atoms with Gasteiger partial charge in [0, 0.05) is 17.1 Å². The van der Waals surface area contributed by atoms with E-state index >= 15 is 0 Å². The summed E-state index contributed by atoms with van der Waals surface area (Å²) < 4.78 is 2.76. The molecule has 0 unspecified atom stereocenters. The summed E-state index contributed by atoms with van der Waals surface area (Å²) in [7, 11) is 1.94. The standard InChI is InChI=1S/C10H9BrN2O/c1-6-12-9-4-8(11)7(5-14)3-10(9)13(6)2/h3-5H,1-2H3. The second kappa shape index (κ2) is 3.20. The summed E-state index contributed by atoms with van der Waals surface area (Å²) >= 11 is 3.33. The molecule has 0 fully saturated rings. The van der Waals surface area contributed by atoms with Crippen LogP contribution in [0.25, 0.3) is 11.0 Å². The summed E-state index contributed by atoms with van der Waals surface area (Å²) in [6.45, 7) is 1.94. The van der Waals surface area contributed by atoms with Gasteiger partial charge in [-0.1, -0.05) is 0 Å². The molecule has 2 rings (SSSR count). The Bertz CT molecular complexity index is 516. The van der Waals surface area contributed by atoms with Crippen LogP contribution in [0.4, 0.5) is 0 Å². The van der Waals surface area contributed by atoms with Crippen molar-refractivity contribution in [2.75, 3.05) is 0 Å². The first kappa shape index (κ1) is 9.40. The zero-order valence-electron chi connectivity index (χ0n) is 7.91. The molecule has 0 amide bonds. The summed E-state index contributed by atoms with van der Waals surface area (Å²) in [4.78, 5) is 15.1. The summed E-state index contributed by atoms with van der Waals surface area (Å²) in [6, 6.07) is 3.71. The lowest BCUT2D eigenvalue weighted by molar-refractivity contribution is 0.112. The van der Waals surface area contributed by atoms with E-state index in [0.717, 1.165) is 27.6 Å². The lowest BCUT2D eigenvalue weighted by atomic mass is 10.2. The molecule has 1 aromatic heterocycles. The van der Waals surface area contributed by atoms with Gasteiger partial charge in [-0.15, -0.1) is 0 Å². The van der Waals surface area contributed by atoms with Crippen molar-refractivity contribution in [3.8, 4) is 0 Å². The van der Waals surface area contributed by atoms with E-state index < -0.39 is 0 Å². The fourth-order valence-electron chi connectivity index (χ4n) is 1.44. The third-order valence-corrected chi connectivity index (χ3v) is 3.04. The number of aryl methyl sites for hydroxylation is 2. The Kier molecular flexibility index (Phi) is 2.15. The number of aldehydes is 1. The van der Waals surface area contributed by atoms with Crippen LogP contribution in [-0.4, -0.2) is 15.8 Å². The van der Waals surface area contributed by atoms with E-state index in [1.54, 1.807) is 0 Å². The van der Waals surface area contributed by atoms with Crippen LogP contribution < -0.4 is 0 Å². The molecule has 0 atom stereocenters. The summed E-state index contributed by atoms with van der Waals surface area (Å²) in [5.41, 5.74) is 2.54. The molecule has 1 heterocycles. The average Bonchev–Trinajstić information content (AvgIpc) is 2.41. The first-order chi connectivity index (χ1) is 6.63. The monoisotopic (exact) mass is 252 g/mol. The maximum atomic E-state index is 10.7. The van der Waals surface area contributed by atoms with Gasteiger partial charge in [0.1, 0.15) is 5.82 Å². The number of imidazole rings is 1. The van der Waals surface area contributed by atoms with Gasteiger partial charge in [0.25, 0.3) is 0 Å². The molecule has 1 aromatic carbocycles. The van der Waals surface area contributed by atoms with Gasteiger partial charge in [-0.3, -0.25) is 4.79 Å². The Labute approximate surface area is 89.9 Å². The average molecular weight is 253 g/mol. The van der Waals surface area contributed by atoms with Crippen molar-refractivity contribution in [2.45, 2.75) is 6.92 Å². The first-order valence-corrected chi connectivity index (χ1v) is 5.00. The SMILES string of the molecule is Cc1nc2cc(Br)c(C=O)cc2n1C. The number of carbonyl (C=O) groups excluding carboxylic acids is 1. The highest BCUT2D eigenvalue weighted by molar-refractivity contribution is 9.10. The van der Waals surface area contributed by atoms with Crippen molar-refractivity contribution in [1.82, 2.24) is 9.55 Å². The summed E-state index contributed by atoms with van der Waals surface area (Å²) in [5, 5.41) is 0. The number of hydrogen-bond acceptors (Lipinski definition) is 2. The van der Waals surface area contributed by atoms with Gasteiger partial charge in [-0.25, -0.2) is 4.98 Å². The van der Waals surface area contributed by atoms with E-state index in [4.69, 9.17) is 0 Å². The van der Waals surface area contributed by atoms with E-state index in [9.17, 15) is 4.79 Å². The fourth-order valence-corrected chi connectivity index (χ4v) is 1.86. The van der Waals surface area contributed by atoms with Crippen molar-refractivity contribution in [3.05, 3.63) is 28.0 Å². The number of carbonyl (C=O) groups is 1. The molecule has 4 heteroatoms. The topological polar surface area (TPSA) is 34.9 Å². The molecule has 0 N–H and O–H groups in total. The van der Waals surface area contributed by atoms with Crippen molar-refractivity contribution >= 4 is 33.2 Å². The number of benzene rings is 1. The molecule has 0 aliphatic carbocycles. The van der Waals surface area contributed by atoms with Crippen LogP contribution in [-0.2, 0) is 7.05 Å². The molecule has 3 nitrogen and oxygen atoms in total. The van der Waals surface area contributed by atoms with Crippen LogP contribution >= 0.6 is 15.9 Å². The number of halogens is 1. The quantitative estimate of drug-likeness (QED) is 0.731. The molecule has 0 radical (unpaired) electrons. The smallest absolute Gasteiger partial charge is 0.151 e. The van der Waals surface area contributed by atoms with Crippen LogP contribution in [0.5, 0.6) is 0 Å². The molecule has 0 aliphatic heterocycles. The van der Waals surface area contributed by atoms with Gasteiger partial charge < -0.3 is 4.57 Å². The van der Waals surface area contributed by atoms with Gasteiger partial charge in [0.05, 0.1) is 11.0 Å². The Morgan fingerprint density at radius 3 is 2.86 bits per heavy atom. The van der Waals surface area contributed by atoms with E-state index in [1.807, 2.05) is 30.7 Å². The van der Waals surface area contributed by atoms with Gasteiger partial charge in [0.2, 0.25) is 0 Å². The maximum absolute atomic E-state index is 10.7. The lowest BCUT2D eigenvalue weighted by Gasteiger charge is -1.99. The van der Waals surface area contributed by atoms with Gasteiger partial charge in [0.15, 0.2) is 6.29 Å². The van der Waals surface area contributed by atoms with Gasteiger partial charge >= 0.3 is 0 Å². The Hall–Kier alpha value is -1.16. The summed E-state index contributed by atoms with van der Waals surface area (Å²) in [5.74, 6) is 0.940. The lowest BCUT2D eigenvalue weighted by Crippen LogP contribution is -1.91. The second-order valence-electron chi connectivity index (χ2n) is 3.20. The van der Waals surface area contributed by atoms with E-state index in [1.165, 1.54) is 0 Å². The highest BCUT2D eigenvalue weighted by Gasteiger charge is 2.07. The molecule has 2 aromatic rings. The van der Waals surface area contributed by atoms with E-state index in [-0.39, 0.29) is 0 Å². The predicted molar refractivity (Wildman–Crippen MR) is 58.5 cm³/mol.